The number of oxime groups is 1. The van der Waals surface area contributed by atoms with Gasteiger partial charge in [-0.05, 0) is 50.0 Å². The van der Waals surface area contributed by atoms with Crippen molar-refractivity contribution in [2.24, 2.45) is 17.0 Å². The third kappa shape index (κ3) is 8.44. The number of carboxylic acids is 1. The maximum atomic E-state index is 10.6. The van der Waals surface area contributed by atoms with Gasteiger partial charge in [0.1, 0.15) is 7.11 Å². The molecule has 30 heavy (non-hydrogen) atoms. The highest BCUT2D eigenvalue weighted by molar-refractivity contribution is 5.89. The molecule has 0 radical (unpaired) electrons. The summed E-state index contributed by atoms with van der Waals surface area (Å²) in [5, 5.41) is 33.9. The second-order valence-electron chi connectivity index (χ2n) is 8.41. The monoisotopic (exact) mass is 419 g/mol. The largest absolute Gasteiger partial charge is 0.481 e. The summed E-state index contributed by atoms with van der Waals surface area (Å²) in [5.74, 6) is -0.488. The molecule has 0 aromatic heterocycles. The van der Waals surface area contributed by atoms with Crippen LogP contribution in [0.2, 0.25) is 0 Å². The number of hydrogen-bond acceptors (Lipinski definition) is 5. The van der Waals surface area contributed by atoms with Gasteiger partial charge in [-0.15, -0.1) is 0 Å². The first kappa shape index (κ1) is 24.4. The average Bonchev–Trinajstić information content (AvgIpc) is 3.02. The van der Waals surface area contributed by atoms with Crippen LogP contribution in [-0.4, -0.2) is 46.3 Å². The number of hydrogen-bond donors (Lipinski definition) is 3. The van der Waals surface area contributed by atoms with Gasteiger partial charge in [0, 0.05) is 18.8 Å². The number of rotatable bonds is 14. The summed E-state index contributed by atoms with van der Waals surface area (Å²) in [6, 6.07) is 10.2. The van der Waals surface area contributed by atoms with Gasteiger partial charge in [0.2, 0.25) is 0 Å². The van der Waals surface area contributed by atoms with Gasteiger partial charge in [0.25, 0.3) is 0 Å². The minimum Gasteiger partial charge on any atom is -0.481 e. The van der Waals surface area contributed by atoms with E-state index in [0.717, 1.165) is 50.7 Å². The topological polar surface area (TPSA) is 99.4 Å². The van der Waals surface area contributed by atoms with Gasteiger partial charge in [0.05, 0.1) is 17.9 Å². The standard InChI is InChI=1S/C24H37NO5/c1-30-25-22-17-23(27)21(11-7-2-3-8-12-24(28)29)20(22)16-15-19(26)14-13-18-9-5-4-6-10-18/h4-6,9-10,19-21,23,26-27H,2-3,7-8,11-17H2,1H3,(H,28,29). The van der Waals surface area contributed by atoms with Gasteiger partial charge < -0.3 is 20.2 Å². The highest BCUT2D eigenvalue weighted by atomic mass is 16.6. The van der Waals surface area contributed by atoms with Crippen molar-refractivity contribution < 1.29 is 25.0 Å². The van der Waals surface area contributed by atoms with Crippen LogP contribution in [0.15, 0.2) is 35.5 Å². The molecule has 1 aromatic rings. The summed E-state index contributed by atoms with van der Waals surface area (Å²) in [5.41, 5.74) is 2.13. The molecule has 4 unspecified atom stereocenters. The lowest BCUT2D eigenvalue weighted by Crippen LogP contribution is -2.22. The van der Waals surface area contributed by atoms with Crippen molar-refractivity contribution >= 4 is 11.7 Å². The molecular formula is C24H37NO5. The first-order valence-electron chi connectivity index (χ1n) is 11.2. The summed E-state index contributed by atoms with van der Waals surface area (Å²) in [6.45, 7) is 0. The number of carbonyl (C=O) groups is 1. The predicted octanol–water partition coefficient (Wildman–Crippen LogP) is 4.18. The Morgan fingerprint density at radius 1 is 1.13 bits per heavy atom. The van der Waals surface area contributed by atoms with E-state index in [1.807, 2.05) is 18.2 Å². The van der Waals surface area contributed by atoms with E-state index >= 15 is 0 Å². The molecule has 4 atom stereocenters. The number of aliphatic carboxylic acids is 1. The molecule has 0 heterocycles. The molecule has 1 aromatic carbocycles. The number of aliphatic hydroxyl groups is 2. The number of aryl methyl sites for hydroxylation is 1. The van der Waals surface area contributed by atoms with Gasteiger partial charge in [-0.25, -0.2) is 0 Å². The predicted molar refractivity (Wildman–Crippen MR) is 117 cm³/mol. The van der Waals surface area contributed by atoms with Crippen LogP contribution in [0.3, 0.4) is 0 Å². The zero-order chi connectivity index (χ0) is 21.8. The Hall–Kier alpha value is -1.92. The van der Waals surface area contributed by atoms with Gasteiger partial charge >= 0.3 is 5.97 Å². The molecule has 1 saturated carbocycles. The Morgan fingerprint density at radius 2 is 1.87 bits per heavy atom. The van der Waals surface area contributed by atoms with E-state index in [-0.39, 0.29) is 24.4 Å². The normalized spacial score (nSPS) is 23.6. The van der Waals surface area contributed by atoms with Crippen LogP contribution >= 0.6 is 0 Å². The highest BCUT2D eigenvalue weighted by Gasteiger charge is 2.39. The molecule has 1 fully saturated rings. The fraction of sp³-hybridized carbons (Fsp3) is 0.667. The fourth-order valence-electron chi connectivity index (χ4n) is 4.53. The van der Waals surface area contributed by atoms with Crippen LogP contribution < -0.4 is 0 Å². The summed E-state index contributed by atoms with van der Waals surface area (Å²) in [4.78, 5) is 15.6. The number of benzene rings is 1. The van der Waals surface area contributed by atoms with E-state index in [4.69, 9.17) is 9.94 Å². The first-order chi connectivity index (χ1) is 14.5. The minimum absolute atomic E-state index is 0.125. The molecule has 1 aliphatic carbocycles. The lowest BCUT2D eigenvalue weighted by atomic mass is 9.84. The zero-order valence-electron chi connectivity index (χ0n) is 18.1. The Morgan fingerprint density at radius 3 is 2.57 bits per heavy atom. The Kier molecular flexibility index (Phi) is 10.9. The molecule has 0 aliphatic heterocycles. The van der Waals surface area contributed by atoms with Crippen molar-refractivity contribution in [1.29, 1.82) is 0 Å². The van der Waals surface area contributed by atoms with E-state index < -0.39 is 12.1 Å². The van der Waals surface area contributed by atoms with Gasteiger partial charge in [0.15, 0.2) is 0 Å². The second-order valence-corrected chi connectivity index (χ2v) is 8.41. The highest BCUT2D eigenvalue weighted by Crippen LogP contribution is 2.37. The number of carboxylic acid groups (broad SMARTS) is 1. The zero-order valence-corrected chi connectivity index (χ0v) is 18.1. The molecule has 0 spiro atoms. The van der Waals surface area contributed by atoms with Crippen molar-refractivity contribution in [1.82, 2.24) is 0 Å². The van der Waals surface area contributed by atoms with Crippen LogP contribution in [0, 0.1) is 11.8 Å². The Balaban J connectivity index is 1.80. The molecule has 1 aliphatic rings. The molecular weight excluding hydrogens is 382 g/mol. The van der Waals surface area contributed by atoms with E-state index in [0.29, 0.717) is 19.3 Å². The van der Waals surface area contributed by atoms with Gasteiger partial charge in [-0.2, -0.15) is 0 Å². The number of nitrogens with zero attached hydrogens (tertiary/aromatic N) is 1. The molecule has 6 heteroatoms. The summed E-state index contributed by atoms with van der Waals surface area (Å²) >= 11 is 0. The van der Waals surface area contributed by atoms with E-state index in [1.165, 1.54) is 12.7 Å². The summed E-state index contributed by atoms with van der Waals surface area (Å²) in [7, 11) is 1.53. The summed E-state index contributed by atoms with van der Waals surface area (Å²) < 4.78 is 0. The second kappa shape index (κ2) is 13.4. The van der Waals surface area contributed by atoms with Crippen LogP contribution in [0.1, 0.15) is 69.8 Å². The number of aliphatic hydroxyl groups excluding tert-OH is 2. The molecule has 2 rings (SSSR count). The van der Waals surface area contributed by atoms with Crippen LogP contribution in [0.25, 0.3) is 0 Å². The van der Waals surface area contributed by atoms with Crippen molar-refractivity contribution in [2.75, 3.05) is 7.11 Å². The van der Waals surface area contributed by atoms with Gasteiger partial charge in [-0.3, -0.25) is 4.79 Å². The first-order valence-corrected chi connectivity index (χ1v) is 11.2. The SMILES string of the molecule is CON=C1CC(O)C(CCCCCCC(=O)O)C1CCC(O)CCc1ccccc1. The van der Waals surface area contributed by atoms with Crippen molar-refractivity contribution in [3.05, 3.63) is 35.9 Å². The Labute approximate surface area is 180 Å². The van der Waals surface area contributed by atoms with Crippen LogP contribution in [-0.2, 0) is 16.1 Å². The smallest absolute Gasteiger partial charge is 0.303 e. The molecule has 168 valence electrons. The minimum atomic E-state index is -0.743. The number of unbranched alkanes of at least 4 members (excludes halogenated alkanes) is 3. The van der Waals surface area contributed by atoms with Crippen LogP contribution in [0.4, 0.5) is 0 Å². The molecule has 0 amide bonds. The third-order valence-corrected chi connectivity index (χ3v) is 6.16. The van der Waals surface area contributed by atoms with Crippen LogP contribution in [0.5, 0.6) is 0 Å². The third-order valence-electron chi connectivity index (χ3n) is 6.16. The molecule has 3 N–H and O–H groups in total. The van der Waals surface area contributed by atoms with E-state index in [2.05, 4.69) is 17.3 Å². The maximum absolute atomic E-state index is 10.6. The van der Waals surface area contributed by atoms with Crippen molar-refractivity contribution in [2.45, 2.75) is 82.8 Å². The van der Waals surface area contributed by atoms with Crippen molar-refractivity contribution in [3.8, 4) is 0 Å². The molecule has 0 bridgehead atoms. The average molecular weight is 420 g/mol. The quantitative estimate of drug-likeness (QED) is 0.310. The fourth-order valence-corrected chi connectivity index (χ4v) is 4.53. The summed E-state index contributed by atoms with van der Waals surface area (Å²) in [6.07, 6.45) is 7.44. The van der Waals surface area contributed by atoms with Gasteiger partial charge in [-0.1, -0.05) is 54.8 Å². The maximum Gasteiger partial charge on any atom is 0.303 e. The van der Waals surface area contributed by atoms with E-state index in [1.54, 1.807) is 0 Å². The Bertz CT molecular complexity index is 648. The molecule has 0 saturated heterocycles. The lowest BCUT2D eigenvalue weighted by molar-refractivity contribution is -0.137. The lowest BCUT2D eigenvalue weighted by Gasteiger charge is -2.23. The van der Waals surface area contributed by atoms with E-state index in [9.17, 15) is 15.0 Å². The van der Waals surface area contributed by atoms with Crippen molar-refractivity contribution in [3.63, 3.8) is 0 Å². The molecule has 6 nitrogen and oxygen atoms in total.